The van der Waals surface area contributed by atoms with Crippen LogP contribution in [-0.2, 0) is 17.9 Å². The summed E-state index contributed by atoms with van der Waals surface area (Å²) in [5, 5.41) is 15.1. The number of aromatic nitrogens is 3. The molecule has 10 heteroatoms. The number of hydrogen-bond acceptors (Lipinski definition) is 5. The summed E-state index contributed by atoms with van der Waals surface area (Å²) in [6, 6.07) is 12.5. The number of amides is 2. The minimum Gasteiger partial charge on any atom is -0.345 e. The first-order valence-electron chi connectivity index (χ1n) is 9.63. The summed E-state index contributed by atoms with van der Waals surface area (Å²) in [5.41, 5.74) is 2.27. The van der Waals surface area contributed by atoms with Crippen LogP contribution in [0.3, 0.4) is 0 Å². The number of carbonyl (C=O) groups is 2. The molecule has 166 valence electrons. The highest BCUT2D eigenvalue weighted by Crippen LogP contribution is 2.26. The van der Waals surface area contributed by atoms with Crippen molar-refractivity contribution in [1.29, 1.82) is 0 Å². The van der Waals surface area contributed by atoms with E-state index in [1.807, 2.05) is 23.6 Å². The Bertz CT molecular complexity index is 1130. The predicted octanol–water partition coefficient (Wildman–Crippen LogP) is 4.85. The number of rotatable bonds is 9. The molecule has 0 unspecified atom stereocenters. The van der Waals surface area contributed by atoms with E-state index in [2.05, 4.69) is 43.3 Å². The highest BCUT2D eigenvalue weighted by atomic mass is 79.9. The average molecular weight is 535 g/mol. The third kappa shape index (κ3) is 6.44. The van der Waals surface area contributed by atoms with Crippen molar-refractivity contribution in [2.24, 2.45) is 0 Å². The van der Waals surface area contributed by atoms with Crippen LogP contribution in [-0.4, -0.2) is 32.3 Å². The van der Waals surface area contributed by atoms with Gasteiger partial charge in [0.15, 0.2) is 11.0 Å². The summed E-state index contributed by atoms with van der Waals surface area (Å²) in [6.07, 6.45) is 1.71. The molecule has 2 amide bonds. The van der Waals surface area contributed by atoms with Gasteiger partial charge in [-0.25, -0.2) is 0 Å². The van der Waals surface area contributed by atoms with E-state index in [0.717, 1.165) is 10.0 Å². The maximum absolute atomic E-state index is 12.4. The van der Waals surface area contributed by atoms with Crippen LogP contribution in [0.4, 0.5) is 5.69 Å². The zero-order valence-electron chi connectivity index (χ0n) is 17.3. The van der Waals surface area contributed by atoms with E-state index >= 15 is 0 Å². The third-order valence-corrected chi connectivity index (χ3v) is 6.56. The van der Waals surface area contributed by atoms with Gasteiger partial charge in [-0.05, 0) is 53.2 Å². The Balaban J connectivity index is 1.60. The molecule has 3 rings (SSSR count). The quantitative estimate of drug-likeness (QED) is 0.303. The van der Waals surface area contributed by atoms with Crippen molar-refractivity contribution in [2.45, 2.75) is 25.2 Å². The summed E-state index contributed by atoms with van der Waals surface area (Å²) in [6.45, 7) is 6.39. The minimum absolute atomic E-state index is 0.138. The average Bonchev–Trinajstić information content (AvgIpc) is 3.15. The lowest BCUT2D eigenvalue weighted by atomic mass is 10.1. The van der Waals surface area contributed by atoms with E-state index < -0.39 is 0 Å². The number of nitrogens with zero attached hydrogens (tertiary/aromatic N) is 3. The maximum atomic E-state index is 12.4. The molecule has 0 aliphatic carbocycles. The van der Waals surface area contributed by atoms with E-state index in [-0.39, 0.29) is 24.1 Å². The summed E-state index contributed by atoms with van der Waals surface area (Å²) < 4.78 is 2.57. The van der Waals surface area contributed by atoms with Gasteiger partial charge in [-0.15, -0.1) is 16.8 Å². The van der Waals surface area contributed by atoms with Gasteiger partial charge in [0.05, 0.1) is 17.3 Å². The highest BCUT2D eigenvalue weighted by molar-refractivity contribution is 9.10. The smallest absolute Gasteiger partial charge is 0.251 e. The molecule has 0 aliphatic heterocycles. The van der Waals surface area contributed by atoms with E-state index in [4.69, 9.17) is 11.6 Å². The second-order valence-corrected chi connectivity index (χ2v) is 9.02. The topological polar surface area (TPSA) is 88.9 Å². The second kappa shape index (κ2) is 11.3. The van der Waals surface area contributed by atoms with Crippen LogP contribution < -0.4 is 10.6 Å². The Labute approximate surface area is 203 Å². The van der Waals surface area contributed by atoms with Crippen molar-refractivity contribution >= 4 is 56.8 Å². The number of carbonyl (C=O) groups excluding carboxylic acids is 2. The van der Waals surface area contributed by atoms with E-state index in [1.54, 1.807) is 36.4 Å². The molecule has 0 atom stereocenters. The van der Waals surface area contributed by atoms with Crippen LogP contribution in [0.2, 0.25) is 5.02 Å². The van der Waals surface area contributed by atoms with Crippen LogP contribution in [0.1, 0.15) is 21.7 Å². The Morgan fingerprint density at radius 1 is 1.22 bits per heavy atom. The molecule has 2 aromatic carbocycles. The maximum Gasteiger partial charge on any atom is 0.251 e. The molecule has 0 bridgehead atoms. The summed E-state index contributed by atoms with van der Waals surface area (Å²) in [7, 11) is 0. The van der Waals surface area contributed by atoms with Gasteiger partial charge in [-0.1, -0.05) is 47.1 Å². The molecule has 0 radical (unpaired) electrons. The number of thioether (sulfide) groups is 1. The number of nitrogens with one attached hydrogen (secondary N) is 2. The molecule has 0 aliphatic rings. The summed E-state index contributed by atoms with van der Waals surface area (Å²) >= 11 is 10.6. The van der Waals surface area contributed by atoms with Crippen LogP contribution in [0.25, 0.3) is 0 Å². The molecule has 3 aromatic rings. The van der Waals surface area contributed by atoms with Gasteiger partial charge < -0.3 is 15.2 Å². The van der Waals surface area contributed by atoms with Crippen LogP contribution in [0.15, 0.2) is 64.7 Å². The fraction of sp³-hybridized carbons (Fsp3) is 0.182. The van der Waals surface area contributed by atoms with Crippen molar-refractivity contribution < 1.29 is 9.59 Å². The molecule has 32 heavy (non-hydrogen) atoms. The zero-order chi connectivity index (χ0) is 23.1. The normalized spacial score (nSPS) is 10.6. The van der Waals surface area contributed by atoms with Gasteiger partial charge in [0.25, 0.3) is 5.91 Å². The number of anilines is 1. The van der Waals surface area contributed by atoms with Crippen LogP contribution in [0.5, 0.6) is 0 Å². The van der Waals surface area contributed by atoms with Gasteiger partial charge in [-0.2, -0.15) is 0 Å². The van der Waals surface area contributed by atoms with Crippen molar-refractivity contribution in [3.8, 4) is 0 Å². The van der Waals surface area contributed by atoms with E-state index in [9.17, 15) is 9.59 Å². The first kappa shape index (κ1) is 24.0. The lowest BCUT2D eigenvalue weighted by Crippen LogP contribution is -2.24. The molecule has 1 aromatic heterocycles. The van der Waals surface area contributed by atoms with Crippen molar-refractivity contribution in [2.75, 3.05) is 11.1 Å². The van der Waals surface area contributed by atoms with Crippen LogP contribution >= 0.6 is 39.3 Å². The first-order valence-corrected chi connectivity index (χ1v) is 11.8. The molecule has 0 spiro atoms. The third-order valence-electron chi connectivity index (χ3n) is 4.36. The molecule has 0 saturated carbocycles. The van der Waals surface area contributed by atoms with Gasteiger partial charge in [-0.3, -0.25) is 9.59 Å². The largest absolute Gasteiger partial charge is 0.345 e. The number of aryl methyl sites for hydroxylation is 1. The molecular weight excluding hydrogens is 514 g/mol. The highest BCUT2D eigenvalue weighted by Gasteiger charge is 2.15. The van der Waals surface area contributed by atoms with Gasteiger partial charge in [0.1, 0.15) is 0 Å². The zero-order valence-corrected chi connectivity index (χ0v) is 20.4. The SMILES string of the molecule is C=CCn1c(CNC(=O)c2ccc(C)cc2)nnc1SCC(=O)Nc1ccc(Br)c(Cl)c1. The monoisotopic (exact) mass is 533 g/mol. The minimum atomic E-state index is -0.198. The fourth-order valence-corrected chi connectivity index (χ4v) is 3.93. The molecule has 0 fully saturated rings. The van der Waals surface area contributed by atoms with E-state index in [0.29, 0.717) is 33.8 Å². The van der Waals surface area contributed by atoms with Gasteiger partial charge >= 0.3 is 0 Å². The number of halogens is 2. The summed E-state index contributed by atoms with van der Waals surface area (Å²) in [4.78, 5) is 24.7. The lowest BCUT2D eigenvalue weighted by Gasteiger charge is -2.09. The molecule has 7 nitrogen and oxygen atoms in total. The fourth-order valence-electron chi connectivity index (χ4n) is 2.74. The van der Waals surface area contributed by atoms with Crippen molar-refractivity contribution in [3.63, 3.8) is 0 Å². The Kier molecular flexibility index (Phi) is 8.49. The molecule has 2 N–H and O–H groups in total. The Hall–Kier alpha value is -2.62. The van der Waals surface area contributed by atoms with Gasteiger partial charge in [0, 0.05) is 22.3 Å². The lowest BCUT2D eigenvalue weighted by molar-refractivity contribution is -0.113. The van der Waals surface area contributed by atoms with Crippen LogP contribution in [0, 0.1) is 6.92 Å². The van der Waals surface area contributed by atoms with Crippen molar-refractivity contribution in [1.82, 2.24) is 20.1 Å². The number of hydrogen-bond donors (Lipinski definition) is 2. The predicted molar refractivity (Wildman–Crippen MR) is 131 cm³/mol. The Morgan fingerprint density at radius 2 is 1.97 bits per heavy atom. The standard InChI is InChI=1S/C22H21BrClN5O2S/c1-3-10-29-19(12-25-21(31)15-6-4-14(2)5-7-15)27-28-22(29)32-13-20(30)26-16-8-9-17(23)18(24)11-16/h3-9,11H,1,10,12-13H2,2H3,(H,25,31)(H,26,30). The second-order valence-electron chi connectivity index (χ2n) is 6.81. The van der Waals surface area contributed by atoms with E-state index in [1.165, 1.54) is 11.8 Å². The van der Waals surface area contributed by atoms with Gasteiger partial charge in [0.2, 0.25) is 5.91 Å². The molecule has 0 saturated heterocycles. The summed E-state index contributed by atoms with van der Waals surface area (Å²) in [5.74, 6) is 0.321. The molecule has 1 heterocycles. The number of allylic oxidation sites excluding steroid dienone is 1. The first-order chi connectivity index (χ1) is 15.4. The Morgan fingerprint density at radius 3 is 2.66 bits per heavy atom. The number of benzene rings is 2. The molecular formula is C22H21BrClN5O2S. The van der Waals surface area contributed by atoms with Crippen molar-refractivity contribution in [3.05, 3.63) is 81.6 Å².